The highest BCUT2D eigenvalue weighted by molar-refractivity contribution is 6.04. The van der Waals surface area contributed by atoms with Gasteiger partial charge in [0.05, 0.1) is 42.0 Å². The van der Waals surface area contributed by atoms with E-state index in [9.17, 15) is 18.0 Å². The van der Waals surface area contributed by atoms with Crippen LogP contribution in [0.4, 0.5) is 24.5 Å². The summed E-state index contributed by atoms with van der Waals surface area (Å²) in [5.41, 5.74) is 9.21. The molecule has 3 heterocycles. The minimum Gasteiger partial charge on any atom is -0.378 e. The number of carbonyl (C=O) groups excluding carboxylic acids is 1. The van der Waals surface area contributed by atoms with Gasteiger partial charge in [0.15, 0.2) is 0 Å². The van der Waals surface area contributed by atoms with Crippen molar-refractivity contribution in [1.29, 1.82) is 0 Å². The highest BCUT2D eigenvalue weighted by Crippen LogP contribution is 2.31. The largest absolute Gasteiger partial charge is 0.416 e. The lowest BCUT2D eigenvalue weighted by molar-refractivity contribution is -0.137. The molecule has 1 aromatic carbocycles. The third-order valence-corrected chi connectivity index (χ3v) is 5.60. The predicted octanol–water partition coefficient (Wildman–Crippen LogP) is 4.02. The third kappa shape index (κ3) is 5.18. The molecule has 4 rings (SSSR count). The number of aromatic nitrogens is 2. The lowest BCUT2D eigenvalue weighted by Gasteiger charge is -2.30. The Kier molecular flexibility index (Phi) is 6.80. The van der Waals surface area contributed by atoms with E-state index in [4.69, 9.17) is 10.5 Å². The van der Waals surface area contributed by atoms with Crippen molar-refractivity contribution in [3.05, 3.63) is 71.3 Å². The molecule has 0 spiro atoms. The van der Waals surface area contributed by atoms with Gasteiger partial charge < -0.3 is 20.7 Å². The molecule has 0 aliphatic carbocycles. The molecule has 1 saturated heterocycles. The Balaban J connectivity index is 1.62. The maximum absolute atomic E-state index is 13.0. The SMILES string of the molecule is Cc1ncc(NC(=O)c2cccc(C(F)(F)F)c2)cc1-c1cnc(CN)c(N2CCOCC2)c1. The molecule has 0 bridgehead atoms. The predicted molar refractivity (Wildman–Crippen MR) is 123 cm³/mol. The molecule has 0 saturated carbocycles. The second kappa shape index (κ2) is 9.78. The van der Waals surface area contributed by atoms with Gasteiger partial charge in [-0.15, -0.1) is 0 Å². The smallest absolute Gasteiger partial charge is 0.378 e. The molecule has 1 aliphatic rings. The Hall–Kier alpha value is -3.50. The average molecular weight is 471 g/mol. The number of halogens is 3. The van der Waals surface area contributed by atoms with Crippen molar-refractivity contribution in [2.24, 2.45) is 5.73 Å². The van der Waals surface area contributed by atoms with Crippen molar-refractivity contribution in [3.63, 3.8) is 0 Å². The molecule has 1 fully saturated rings. The van der Waals surface area contributed by atoms with Crippen molar-refractivity contribution >= 4 is 17.3 Å². The van der Waals surface area contributed by atoms with E-state index in [1.807, 2.05) is 13.0 Å². The summed E-state index contributed by atoms with van der Waals surface area (Å²) in [6.45, 7) is 4.80. The number of aryl methyl sites for hydroxylation is 1. The first-order valence-electron chi connectivity index (χ1n) is 10.7. The molecule has 10 heteroatoms. The van der Waals surface area contributed by atoms with Crippen LogP contribution in [-0.2, 0) is 17.5 Å². The van der Waals surface area contributed by atoms with Crippen molar-refractivity contribution in [1.82, 2.24) is 9.97 Å². The zero-order valence-electron chi connectivity index (χ0n) is 18.5. The summed E-state index contributed by atoms with van der Waals surface area (Å²) < 4.78 is 44.4. The Morgan fingerprint density at radius 2 is 1.91 bits per heavy atom. The molecule has 1 amide bonds. The number of ether oxygens (including phenoxy) is 1. The van der Waals surface area contributed by atoms with Gasteiger partial charge in [-0.1, -0.05) is 6.07 Å². The van der Waals surface area contributed by atoms with Crippen molar-refractivity contribution in [2.75, 3.05) is 36.5 Å². The molecule has 0 radical (unpaired) electrons. The van der Waals surface area contributed by atoms with Crippen LogP contribution in [0.2, 0.25) is 0 Å². The molecule has 3 aromatic rings. The Bertz CT molecular complexity index is 1190. The summed E-state index contributed by atoms with van der Waals surface area (Å²) in [5.74, 6) is -0.659. The number of pyridine rings is 2. The molecule has 2 aromatic heterocycles. The first-order valence-corrected chi connectivity index (χ1v) is 10.7. The molecule has 7 nitrogen and oxygen atoms in total. The first kappa shape index (κ1) is 23.7. The van der Waals surface area contributed by atoms with E-state index in [1.54, 1.807) is 12.3 Å². The monoisotopic (exact) mass is 471 g/mol. The third-order valence-electron chi connectivity index (χ3n) is 5.60. The number of benzene rings is 1. The summed E-state index contributed by atoms with van der Waals surface area (Å²) in [6, 6.07) is 8.00. The number of carbonyl (C=O) groups is 1. The average Bonchev–Trinajstić information content (AvgIpc) is 2.85. The van der Waals surface area contributed by atoms with Crippen molar-refractivity contribution in [3.8, 4) is 11.1 Å². The molecule has 34 heavy (non-hydrogen) atoms. The van der Waals surface area contributed by atoms with Crippen molar-refractivity contribution < 1.29 is 22.7 Å². The lowest BCUT2D eigenvalue weighted by Crippen LogP contribution is -2.37. The van der Waals surface area contributed by atoms with Gasteiger partial charge in [0, 0.05) is 48.2 Å². The molecule has 178 valence electrons. The molecule has 1 aliphatic heterocycles. The van der Waals surface area contributed by atoms with Crippen LogP contribution >= 0.6 is 0 Å². The summed E-state index contributed by atoms with van der Waals surface area (Å²) in [5, 5.41) is 2.64. The van der Waals surface area contributed by atoms with Crippen LogP contribution in [0.5, 0.6) is 0 Å². The highest BCUT2D eigenvalue weighted by atomic mass is 19.4. The van der Waals surface area contributed by atoms with E-state index in [-0.39, 0.29) is 12.1 Å². The van der Waals surface area contributed by atoms with Crippen LogP contribution in [-0.4, -0.2) is 42.2 Å². The number of amides is 1. The quantitative estimate of drug-likeness (QED) is 0.584. The van der Waals surface area contributed by atoms with Gasteiger partial charge in [-0.25, -0.2) is 0 Å². The van der Waals surface area contributed by atoms with Gasteiger partial charge >= 0.3 is 6.18 Å². The Labute approximate surface area is 194 Å². The molecular weight excluding hydrogens is 447 g/mol. The maximum atomic E-state index is 13.0. The second-order valence-electron chi connectivity index (χ2n) is 7.88. The topological polar surface area (TPSA) is 93.4 Å². The maximum Gasteiger partial charge on any atom is 0.416 e. The summed E-state index contributed by atoms with van der Waals surface area (Å²) in [4.78, 5) is 23.7. The van der Waals surface area contributed by atoms with Crippen LogP contribution in [0.3, 0.4) is 0 Å². The van der Waals surface area contributed by atoms with E-state index in [1.165, 1.54) is 18.3 Å². The molecule has 3 N–H and O–H groups in total. The Morgan fingerprint density at radius 3 is 2.62 bits per heavy atom. The normalized spacial score (nSPS) is 14.2. The van der Waals surface area contributed by atoms with Gasteiger partial charge in [-0.2, -0.15) is 13.2 Å². The van der Waals surface area contributed by atoms with E-state index in [0.29, 0.717) is 24.6 Å². The fourth-order valence-electron chi connectivity index (χ4n) is 3.80. The number of nitrogens with two attached hydrogens (primary N) is 1. The summed E-state index contributed by atoms with van der Waals surface area (Å²) in [6.07, 6.45) is -1.36. The number of alkyl halides is 3. The van der Waals surface area contributed by atoms with Gasteiger partial charge in [-0.05, 0) is 37.3 Å². The number of nitrogens with one attached hydrogen (secondary N) is 1. The minimum atomic E-state index is -4.53. The number of nitrogens with zero attached hydrogens (tertiary/aromatic N) is 3. The fourth-order valence-corrected chi connectivity index (χ4v) is 3.80. The van der Waals surface area contributed by atoms with Gasteiger partial charge in [0.25, 0.3) is 5.91 Å². The number of rotatable bonds is 5. The summed E-state index contributed by atoms with van der Waals surface area (Å²) in [7, 11) is 0. The van der Waals surface area contributed by atoms with Crippen LogP contribution < -0.4 is 16.0 Å². The second-order valence-corrected chi connectivity index (χ2v) is 7.88. The summed E-state index contributed by atoms with van der Waals surface area (Å²) >= 11 is 0. The molecule has 0 atom stereocenters. The van der Waals surface area contributed by atoms with Crippen LogP contribution in [0, 0.1) is 6.92 Å². The zero-order valence-corrected chi connectivity index (χ0v) is 18.5. The lowest BCUT2D eigenvalue weighted by atomic mass is 10.0. The van der Waals surface area contributed by atoms with Crippen LogP contribution in [0.1, 0.15) is 27.3 Å². The van der Waals surface area contributed by atoms with Crippen LogP contribution in [0.15, 0.2) is 48.8 Å². The number of morpholine rings is 1. The van der Waals surface area contributed by atoms with E-state index >= 15 is 0 Å². The number of hydrogen-bond acceptors (Lipinski definition) is 6. The highest BCUT2D eigenvalue weighted by Gasteiger charge is 2.31. The van der Waals surface area contributed by atoms with Crippen molar-refractivity contribution in [2.45, 2.75) is 19.6 Å². The number of hydrogen-bond donors (Lipinski definition) is 2. The van der Waals surface area contributed by atoms with E-state index in [0.717, 1.165) is 47.7 Å². The van der Waals surface area contributed by atoms with Gasteiger partial charge in [-0.3, -0.25) is 14.8 Å². The standard InChI is InChI=1S/C24H24F3N5O2/c1-15-20(17-10-22(21(12-28)30-13-17)32-5-7-34-8-6-32)11-19(14-29-15)31-23(33)16-3-2-4-18(9-16)24(25,26)27/h2-4,9-11,13-14H,5-8,12,28H2,1H3,(H,31,33). The minimum absolute atomic E-state index is 0.0967. The van der Waals surface area contributed by atoms with E-state index in [2.05, 4.69) is 20.2 Å². The van der Waals surface area contributed by atoms with Gasteiger partial charge in [0.2, 0.25) is 0 Å². The molecule has 0 unspecified atom stereocenters. The van der Waals surface area contributed by atoms with Crippen LogP contribution in [0.25, 0.3) is 11.1 Å². The zero-order chi connectivity index (χ0) is 24.3. The first-order chi connectivity index (χ1) is 16.3. The fraction of sp³-hybridized carbons (Fsp3) is 0.292. The van der Waals surface area contributed by atoms with E-state index < -0.39 is 17.6 Å². The molecular formula is C24H24F3N5O2. The number of anilines is 2. The Morgan fingerprint density at radius 1 is 1.15 bits per heavy atom. The van der Waals surface area contributed by atoms with Gasteiger partial charge in [0.1, 0.15) is 0 Å².